The molecule has 1 aromatic carbocycles. The van der Waals surface area contributed by atoms with Crippen LogP contribution in [0.3, 0.4) is 0 Å². The van der Waals surface area contributed by atoms with Crippen molar-refractivity contribution in [3.8, 4) is 0 Å². The van der Waals surface area contributed by atoms with E-state index in [0.717, 1.165) is 6.04 Å². The number of nitrogens with zero attached hydrogens (tertiary/aromatic N) is 2. The highest BCUT2D eigenvalue weighted by atomic mass is 32.2. The normalized spacial score (nSPS) is 26.9. The van der Waals surface area contributed by atoms with Gasteiger partial charge in [-0.05, 0) is 56.3 Å². The van der Waals surface area contributed by atoms with Crippen LogP contribution in [-0.2, 0) is 0 Å². The third kappa shape index (κ3) is 3.82. The molecule has 2 unspecified atom stereocenters. The van der Waals surface area contributed by atoms with E-state index in [1.807, 2.05) is 11.8 Å². The summed E-state index contributed by atoms with van der Waals surface area (Å²) in [6, 6.07) is 12.6. The van der Waals surface area contributed by atoms with E-state index in [2.05, 4.69) is 46.4 Å². The molecule has 0 amide bonds. The molecule has 0 radical (unpaired) electrons. The lowest BCUT2D eigenvalue weighted by Gasteiger charge is -2.44. The SMILES string of the molecule is CSCCCCN1CC2CCCN2CC1c1ccccc1. The summed E-state index contributed by atoms with van der Waals surface area (Å²) in [6.07, 6.45) is 7.71. The van der Waals surface area contributed by atoms with Gasteiger partial charge in [0.2, 0.25) is 0 Å². The molecule has 0 spiro atoms. The molecule has 2 heterocycles. The Hall–Kier alpha value is -0.510. The summed E-state index contributed by atoms with van der Waals surface area (Å²) in [5.41, 5.74) is 1.51. The highest BCUT2D eigenvalue weighted by molar-refractivity contribution is 7.98. The largest absolute Gasteiger partial charge is 0.297 e. The standard InChI is InChI=1S/C18H28N2S/c1-21-13-6-5-11-20-14-17-10-7-12-19(17)15-18(20)16-8-3-2-4-9-16/h2-4,8-9,17-18H,5-7,10-15H2,1H3. The predicted octanol–water partition coefficient (Wildman–Crippen LogP) is 3.65. The molecule has 2 fully saturated rings. The quantitative estimate of drug-likeness (QED) is 0.741. The summed E-state index contributed by atoms with van der Waals surface area (Å²) in [4.78, 5) is 5.50. The number of unbranched alkanes of at least 4 members (excludes halogenated alkanes) is 1. The van der Waals surface area contributed by atoms with Crippen molar-refractivity contribution in [1.29, 1.82) is 0 Å². The van der Waals surface area contributed by atoms with Crippen LogP contribution in [0.1, 0.15) is 37.3 Å². The molecule has 0 N–H and O–H groups in total. The van der Waals surface area contributed by atoms with Gasteiger partial charge in [0, 0.05) is 25.2 Å². The minimum absolute atomic E-state index is 0.606. The first-order valence-corrected chi connectivity index (χ1v) is 9.80. The van der Waals surface area contributed by atoms with Gasteiger partial charge in [-0.15, -0.1) is 0 Å². The Labute approximate surface area is 133 Å². The lowest BCUT2D eigenvalue weighted by Crippen LogP contribution is -2.51. The van der Waals surface area contributed by atoms with E-state index < -0.39 is 0 Å². The first-order valence-electron chi connectivity index (χ1n) is 8.40. The van der Waals surface area contributed by atoms with Crippen LogP contribution in [0.25, 0.3) is 0 Å². The third-order valence-corrected chi connectivity index (χ3v) is 5.72. The van der Waals surface area contributed by atoms with Gasteiger partial charge in [0.15, 0.2) is 0 Å². The minimum Gasteiger partial charge on any atom is -0.297 e. The fourth-order valence-corrected chi connectivity index (χ4v) is 4.37. The monoisotopic (exact) mass is 304 g/mol. The van der Waals surface area contributed by atoms with Gasteiger partial charge >= 0.3 is 0 Å². The van der Waals surface area contributed by atoms with Gasteiger partial charge in [0.1, 0.15) is 0 Å². The summed E-state index contributed by atoms with van der Waals surface area (Å²) in [5, 5.41) is 0. The van der Waals surface area contributed by atoms with Crippen molar-refractivity contribution < 1.29 is 0 Å². The zero-order valence-corrected chi connectivity index (χ0v) is 14.0. The molecule has 116 valence electrons. The molecule has 0 saturated carbocycles. The number of fused-ring (bicyclic) bond motifs is 1. The number of thioether (sulfide) groups is 1. The van der Waals surface area contributed by atoms with Crippen LogP contribution in [0.4, 0.5) is 0 Å². The second-order valence-electron chi connectivity index (χ2n) is 6.41. The van der Waals surface area contributed by atoms with Gasteiger partial charge in [0.05, 0.1) is 0 Å². The van der Waals surface area contributed by atoms with Gasteiger partial charge in [0.25, 0.3) is 0 Å². The van der Waals surface area contributed by atoms with E-state index in [-0.39, 0.29) is 0 Å². The number of hydrogen-bond donors (Lipinski definition) is 0. The molecule has 1 aromatic rings. The Bertz CT molecular complexity index is 422. The Kier molecular flexibility index (Phi) is 5.61. The highest BCUT2D eigenvalue weighted by Crippen LogP contribution is 2.32. The Balaban J connectivity index is 1.67. The summed E-state index contributed by atoms with van der Waals surface area (Å²) in [5.74, 6) is 1.30. The van der Waals surface area contributed by atoms with Crippen molar-refractivity contribution >= 4 is 11.8 Å². The number of piperazine rings is 1. The maximum Gasteiger partial charge on any atom is 0.0475 e. The average molecular weight is 305 g/mol. The van der Waals surface area contributed by atoms with Crippen LogP contribution in [0.15, 0.2) is 30.3 Å². The van der Waals surface area contributed by atoms with Gasteiger partial charge in [-0.3, -0.25) is 9.80 Å². The van der Waals surface area contributed by atoms with Crippen molar-refractivity contribution in [3.05, 3.63) is 35.9 Å². The van der Waals surface area contributed by atoms with E-state index in [1.54, 1.807) is 0 Å². The van der Waals surface area contributed by atoms with Crippen molar-refractivity contribution in [3.63, 3.8) is 0 Å². The van der Waals surface area contributed by atoms with E-state index in [1.165, 1.54) is 63.2 Å². The summed E-state index contributed by atoms with van der Waals surface area (Å²) in [7, 11) is 0. The summed E-state index contributed by atoms with van der Waals surface area (Å²) >= 11 is 1.97. The number of rotatable bonds is 6. The van der Waals surface area contributed by atoms with Crippen LogP contribution < -0.4 is 0 Å². The van der Waals surface area contributed by atoms with Crippen molar-refractivity contribution in [2.45, 2.75) is 37.8 Å². The van der Waals surface area contributed by atoms with Crippen LogP contribution in [0.5, 0.6) is 0 Å². The number of benzene rings is 1. The fraction of sp³-hybridized carbons (Fsp3) is 0.667. The highest BCUT2D eigenvalue weighted by Gasteiger charge is 2.36. The smallest absolute Gasteiger partial charge is 0.0475 e. The molecule has 2 nitrogen and oxygen atoms in total. The van der Waals surface area contributed by atoms with Crippen LogP contribution in [0, 0.1) is 0 Å². The lowest BCUT2D eigenvalue weighted by molar-refractivity contribution is 0.0496. The first-order chi connectivity index (χ1) is 10.4. The molecule has 21 heavy (non-hydrogen) atoms. The summed E-state index contributed by atoms with van der Waals surface area (Å²) in [6.45, 7) is 5.09. The van der Waals surface area contributed by atoms with Gasteiger partial charge in [-0.25, -0.2) is 0 Å². The van der Waals surface area contributed by atoms with Crippen molar-refractivity contribution in [2.24, 2.45) is 0 Å². The topological polar surface area (TPSA) is 6.48 Å². The molecule has 2 aliphatic heterocycles. The Morgan fingerprint density at radius 2 is 2.00 bits per heavy atom. The fourth-order valence-electron chi connectivity index (χ4n) is 3.88. The predicted molar refractivity (Wildman–Crippen MR) is 93.0 cm³/mol. The molecule has 0 aliphatic carbocycles. The maximum absolute atomic E-state index is 2.77. The Morgan fingerprint density at radius 3 is 2.81 bits per heavy atom. The molecular formula is C18H28N2S. The van der Waals surface area contributed by atoms with E-state index in [9.17, 15) is 0 Å². The maximum atomic E-state index is 2.77. The molecule has 3 heteroatoms. The molecule has 2 aliphatic rings. The van der Waals surface area contributed by atoms with Crippen LogP contribution in [-0.4, -0.2) is 54.0 Å². The third-order valence-electron chi connectivity index (χ3n) is 5.02. The van der Waals surface area contributed by atoms with Gasteiger partial charge in [-0.1, -0.05) is 30.3 Å². The molecule has 0 aromatic heterocycles. The zero-order chi connectivity index (χ0) is 14.5. The Morgan fingerprint density at radius 1 is 1.14 bits per heavy atom. The van der Waals surface area contributed by atoms with Crippen LogP contribution >= 0.6 is 11.8 Å². The number of hydrogen-bond acceptors (Lipinski definition) is 3. The first kappa shape index (κ1) is 15.4. The van der Waals surface area contributed by atoms with E-state index in [4.69, 9.17) is 0 Å². The van der Waals surface area contributed by atoms with Crippen molar-refractivity contribution in [2.75, 3.05) is 38.2 Å². The second kappa shape index (κ2) is 7.66. The van der Waals surface area contributed by atoms with Gasteiger partial charge in [-0.2, -0.15) is 11.8 Å². The van der Waals surface area contributed by atoms with E-state index >= 15 is 0 Å². The van der Waals surface area contributed by atoms with Crippen molar-refractivity contribution in [1.82, 2.24) is 9.80 Å². The minimum atomic E-state index is 0.606. The molecule has 2 atom stereocenters. The van der Waals surface area contributed by atoms with Gasteiger partial charge < -0.3 is 0 Å². The summed E-state index contributed by atoms with van der Waals surface area (Å²) < 4.78 is 0. The molecule has 0 bridgehead atoms. The van der Waals surface area contributed by atoms with Crippen LogP contribution in [0.2, 0.25) is 0 Å². The zero-order valence-electron chi connectivity index (χ0n) is 13.2. The molecular weight excluding hydrogens is 276 g/mol. The van der Waals surface area contributed by atoms with E-state index in [0.29, 0.717) is 6.04 Å². The average Bonchev–Trinajstić information content (AvgIpc) is 2.99. The second-order valence-corrected chi connectivity index (χ2v) is 7.40. The molecule has 2 saturated heterocycles. The lowest BCUT2D eigenvalue weighted by atomic mass is 9.99. The molecule has 3 rings (SSSR count).